The minimum Gasteiger partial charge on any atom is -0.490 e. The van der Waals surface area contributed by atoms with Crippen LogP contribution in [0, 0.1) is 5.92 Å². The molecule has 2 amide bonds. The summed E-state index contributed by atoms with van der Waals surface area (Å²) in [5.41, 5.74) is 0.710. The average molecular weight is 383 g/mol. The normalized spacial score (nSPS) is 22.5. The summed E-state index contributed by atoms with van der Waals surface area (Å²) in [5.74, 6) is 1.51. The Bertz CT molecular complexity index is 731. The lowest BCUT2D eigenvalue weighted by molar-refractivity contribution is -0.134. The summed E-state index contributed by atoms with van der Waals surface area (Å²) in [6.45, 7) is 4.42. The van der Waals surface area contributed by atoms with Gasteiger partial charge in [0.05, 0.1) is 6.04 Å². The lowest BCUT2D eigenvalue weighted by Gasteiger charge is -2.32. The zero-order valence-corrected chi connectivity index (χ0v) is 16.7. The van der Waals surface area contributed by atoms with Crippen molar-refractivity contribution in [1.82, 2.24) is 9.80 Å². The fourth-order valence-corrected chi connectivity index (χ4v) is 4.17. The maximum absolute atomic E-state index is 12.8. The Morgan fingerprint density at radius 2 is 1.79 bits per heavy atom. The van der Waals surface area contributed by atoms with Crippen LogP contribution in [0.3, 0.4) is 0 Å². The molecule has 28 heavy (non-hydrogen) atoms. The molecule has 5 heteroatoms. The van der Waals surface area contributed by atoms with Gasteiger partial charge in [-0.05, 0) is 43.5 Å². The third-order valence-corrected chi connectivity index (χ3v) is 5.99. The van der Waals surface area contributed by atoms with Gasteiger partial charge in [-0.15, -0.1) is 0 Å². The van der Waals surface area contributed by atoms with Crippen LogP contribution in [0.25, 0.3) is 0 Å². The topological polar surface area (TPSA) is 49.9 Å². The molecule has 0 radical (unpaired) electrons. The lowest BCUT2D eigenvalue weighted by atomic mass is 10.1. The van der Waals surface area contributed by atoms with Crippen LogP contribution in [0.2, 0.25) is 0 Å². The Morgan fingerprint density at radius 1 is 1.07 bits per heavy atom. The lowest BCUT2D eigenvalue weighted by Crippen LogP contribution is -2.42. The smallest absolute Gasteiger partial charge is 0.254 e. The van der Waals surface area contributed by atoms with Gasteiger partial charge in [0.2, 0.25) is 5.91 Å². The number of hydrogen-bond acceptors (Lipinski definition) is 3. The first-order valence-electron chi connectivity index (χ1n) is 10.7. The van der Waals surface area contributed by atoms with Gasteiger partial charge in [-0.3, -0.25) is 9.59 Å². The van der Waals surface area contributed by atoms with Crippen molar-refractivity contribution >= 4 is 11.8 Å². The number of ether oxygens (including phenoxy) is 1. The number of amides is 2. The molecule has 2 aliphatic heterocycles. The molecule has 1 aromatic carbocycles. The zero-order chi connectivity index (χ0) is 19.5. The molecule has 1 atom stereocenters. The Morgan fingerprint density at radius 3 is 2.43 bits per heavy atom. The molecule has 0 unspecified atom stereocenters. The van der Waals surface area contributed by atoms with Crippen molar-refractivity contribution < 1.29 is 14.3 Å². The molecule has 1 saturated carbocycles. The molecule has 150 valence electrons. The molecule has 5 nitrogen and oxygen atoms in total. The molecular formula is C23H30N2O3. The summed E-state index contributed by atoms with van der Waals surface area (Å²) >= 11 is 0. The Kier molecular flexibility index (Phi) is 5.69. The van der Waals surface area contributed by atoms with Crippen molar-refractivity contribution in [3.05, 3.63) is 42.0 Å². The van der Waals surface area contributed by atoms with E-state index in [0.717, 1.165) is 57.4 Å². The largest absolute Gasteiger partial charge is 0.490 e. The number of piperidine rings is 1. The van der Waals surface area contributed by atoms with Crippen LogP contribution in [-0.4, -0.2) is 53.4 Å². The number of carbonyl (C=O) groups is 2. The first kappa shape index (κ1) is 19.0. The summed E-state index contributed by atoms with van der Waals surface area (Å²) in [7, 11) is 0. The monoisotopic (exact) mass is 382 g/mol. The van der Waals surface area contributed by atoms with Gasteiger partial charge in [-0.1, -0.05) is 25.5 Å². The van der Waals surface area contributed by atoms with Gasteiger partial charge < -0.3 is 14.5 Å². The highest BCUT2D eigenvalue weighted by Crippen LogP contribution is 2.32. The molecule has 2 fully saturated rings. The number of nitrogens with zero attached hydrogens (tertiary/aromatic N) is 2. The SMILES string of the molecule is CCC[C@@H]1C=CCN1C(=O)c1ccc(OC2CCN(C(=O)C3CC3)CC2)cc1. The van der Waals surface area contributed by atoms with Crippen LogP contribution in [-0.2, 0) is 4.79 Å². The van der Waals surface area contributed by atoms with E-state index in [4.69, 9.17) is 4.74 Å². The minimum absolute atomic E-state index is 0.0851. The third-order valence-electron chi connectivity index (χ3n) is 5.99. The molecule has 3 aliphatic rings. The summed E-state index contributed by atoms with van der Waals surface area (Å²) in [4.78, 5) is 28.9. The van der Waals surface area contributed by atoms with Crippen LogP contribution >= 0.6 is 0 Å². The summed E-state index contributed by atoms with van der Waals surface area (Å²) in [5, 5.41) is 0. The van der Waals surface area contributed by atoms with E-state index in [2.05, 4.69) is 19.1 Å². The molecular weight excluding hydrogens is 352 g/mol. The quantitative estimate of drug-likeness (QED) is 0.706. The number of carbonyl (C=O) groups excluding carboxylic acids is 2. The average Bonchev–Trinajstić information content (AvgIpc) is 3.47. The van der Waals surface area contributed by atoms with Crippen LogP contribution < -0.4 is 4.74 Å². The minimum atomic E-state index is 0.0851. The van der Waals surface area contributed by atoms with E-state index in [1.807, 2.05) is 34.1 Å². The second kappa shape index (κ2) is 8.38. The van der Waals surface area contributed by atoms with Crippen LogP contribution in [0.5, 0.6) is 5.75 Å². The Balaban J connectivity index is 1.29. The van der Waals surface area contributed by atoms with Crippen molar-refractivity contribution in [2.24, 2.45) is 5.92 Å². The first-order valence-corrected chi connectivity index (χ1v) is 10.7. The molecule has 0 aromatic heterocycles. The Labute approximate surface area is 167 Å². The number of hydrogen-bond donors (Lipinski definition) is 0. The highest BCUT2D eigenvalue weighted by molar-refractivity contribution is 5.95. The van der Waals surface area contributed by atoms with Crippen molar-refractivity contribution in [2.45, 2.75) is 57.6 Å². The van der Waals surface area contributed by atoms with E-state index >= 15 is 0 Å². The fourth-order valence-electron chi connectivity index (χ4n) is 4.17. The molecule has 0 N–H and O–H groups in total. The molecule has 1 aromatic rings. The van der Waals surface area contributed by atoms with E-state index < -0.39 is 0 Å². The Hall–Kier alpha value is -2.30. The predicted octanol–water partition coefficient (Wildman–Crippen LogP) is 3.65. The fraction of sp³-hybridized carbons (Fsp3) is 0.565. The van der Waals surface area contributed by atoms with Gasteiger partial charge in [-0.2, -0.15) is 0 Å². The first-order chi connectivity index (χ1) is 13.7. The van der Waals surface area contributed by atoms with Gasteiger partial charge in [0.15, 0.2) is 0 Å². The molecule has 2 heterocycles. The maximum atomic E-state index is 12.8. The molecule has 1 saturated heterocycles. The van der Waals surface area contributed by atoms with E-state index in [1.165, 1.54) is 0 Å². The summed E-state index contributed by atoms with van der Waals surface area (Å²) < 4.78 is 6.10. The van der Waals surface area contributed by atoms with Gasteiger partial charge >= 0.3 is 0 Å². The van der Waals surface area contributed by atoms with E-state index in [-0.39, 0.29) is 18.1 Å². The highest BCUT2D eigenvalue weighted by atomic mass is 16.5. The van der Waals surface area contributed by atoms with Crippen molar-refractivity contribution in [3.63, 3.8) is 0 Å². The zero-order valence-electron chi connectivity index (χ0n) is 16.7. The summed E-state index contributed by atoms with van der Waals surface area (Å²) in [6.07, 6.45) is 10.3. The van der Waals surface area contributed by atoms with Crippen LogP contribution in [0.15, 0.2) is 36.4 Å². The van der Waals surface area contributed by atoms with Crippen molar-refractivity contribution in [2.75, 3.05) is 19.6 Å². The number of rotatable bonds is 6. The third kappa shape index (κ3) is 4.23. The summed E-state index contributed by atoms with van der Waals surface area (Å²) in [6, 6.07) is 7.74. The van der Waals surface area contributed by atoms with E-state index in [0.29, 0.717) is 23.9 Å². The van der Waals surface area contributed by atoms with Gasteiger partial charge in [0, 0.05) is 44.0 Å². The molecule has 4 rings (SSSR count). The molecule has 1 aliphatic carbocycles. The van der Waals surface area contributed by atoms with Crippen molar-refractivity contribution in [1.29, 1.82) is 0 Å². The standard InChI is InChI=1S/C23H30N2O3/c1-2-4-19-5-3-14-25(19)23(27)18-8-10-20(11-9-18)28-21-12-15-24(16-13-21)22(26)17-6-7-17/h3,5,8-11,17,19,21H,2,4,6-7,12-16H2,1H3/t19-/m1/s1. The predicted molar refractivity (Wildman–Crippen MR) is 108 cm³/mol. The number of benzene rings is 1. The van der Waals surface area contributed by atoms with Crippen LogP contribution in [0.1, 0.15) is 55.8 Å². The van der Waals surface area contributed by atoms with Crippen LogP contribution in [0.4, 0.5) is 0 Å². The second-order valence-electron chi connectivity index (χ2n) is 8.18. The maximum Gasteiger partial charge on any atom is 0.254 e. The second-order valence-corrected chi connectivity index (χ2v) is 8.18. The van der Waals surface area contributed by atoms with Crippen molar-refractivity contribution in [3.8, 4) is 5.75 Å². The van der Waals surface area contributed by atoms with E-state index in [1.54, 1.807) is 0 Å². The van der Waals surface area contributed by atoms with Gasteiger partial charge in [0.25, 0.3) is 5.91 Å². The van der Waals surface area contributed by atoms with E-state index in [9.17, 15) is 9.59 Å². The molecule has 0 bridgehead atoms. The van der Waals surface area contributed by atoms with Gasteiger partial charge in [-0.25, -0.2) is 0 Å². The number of likely N-dealkylation sites (tertiary alicyclic amines) is 1. The highest BCUT2D eigenvalue weighted by Gasteiger charge is 2.35. The molecule has 0 spiro atoms. The van der Waals surface area contributed by atoms with Gasteiger partial charge in [0.1, 0.15) is 11.9 Å².